The van der Waals surface area contributed by atoms with Gasteiger partial charge >= 0.3 is 11.0 Å². The Hall–Kier alpha value is -3.78. The van der Waals surface area contributed by atoms with Crippen molar-refractivity contribution in [3.05, 3.63) is 68.1 Å². The van der Waals surface area contributed by atoms with Crippen molar-refractivity contribution in [3.63, 3.8) is 0 Å². The molecule has 9 nitrogen and oxygen atoms in total. The molecule has 2 aromatic carbocycles. The number of amides is 3. The van der Waals surface area contributed by atoms with Gasteiger partial charge in [-0.05, 0) is 55.2 Å². The third-order valence-corrected chi connectivity index (χ3v) is 10.9. The van der Waals surface area contributed by atoms with E-state index in [9.17, 15) is 32.3 Å². The van der Waals surface area contributed by atoms with E-state index in [1.165, 1.54) is 24.9 Å². The molecule has 3 atom stereocenters. The molecule has 1 aromatic heterocycles. The zero-order chi connectivity index (χ0) is 31.3. The number of rotatable bonds is 6. The van der Waals surface area contributed by atoms with Crippen molar-refractivity contribution in [2.24, 2.45) is 5.92 Å². The largest absolute Gasteiger partial charge is 0.493 e. The number of piperidine rings is 1. The Morgan fingerprint density at radius 3 is 2.36 bits per heavy atom. The molecule has 2 saturated heterocycles. The lowest BCUT2D eigenvalue weighted by Gasteiger charge is -2.31. The van der Waals surface area contributed by atoms with Gasteiger partial charge in [-0.25, -0.2) is 4.90 Å². The standard InChI is InChI=1S/C30H28F3N3O6S2/c1-41-19-10-9-16(13-20(19)42-2)22-23-24(27(39)36(26(23)38)18-8-6-7-17(14-18)30(31,32)33)43-28-25(22)44-29(40)35(28)15-21(37)34-11-4-3-5-12-34/h6-10,13-14,22-24H,3-5,11-12,15H2,1-2H3/t22-,23+,24-/m0/s1. The average molecular weight is 648 g/mol. The van der Waals surface area contributed by atoms with E-state index in [4.69, 9.17) is 9.47 Å². The lowest BCUT2D eigenvalue weighted by Crippen LogP contribution is -2.39. The van der Waals surface area contributed by atoms with Gasteiger partial charge in [0.15, 0.2) is 11.5 Å². The molecular weight excluding hydrogens is 619 g/mol. The number of hydrogen-bond donors (Lipinski definition) is 0. The maximum atomic E-state index is 14.1. The van der Waals surface area contributed by atoms with E-state index in [1.54, 1.807) is 23.1 Å². The number of thioether (sulfide) groups is 1. The number of halogens is 3. The number of imide groups is 1. The Labute approximate surface area is 258 Å². The number of alkyl halides is 3. The number of benzene rings is 2. The van der Waals surface area contributed by atoms with Gasteiger partial charge < -0.3 is 14.4 Å². The van der Waals surface area contributed by atoms with Crippen LogP contribution >= 0.6 is 23.1 Å². The van der Waals surface area contributed by atoms with E-state index >= 15 is 0 Å². The summed E-state index contributed by atoms with van der Waals surface area (Å²) in [5, 5.41) is -0.647. The summed E-state index contributed by atoms with van der Waals surface area (Å²) >= 11 is 1.91. The molecule has 3 amide bonds. The van der Waals surface area contributed by atoms with Crippen LogP contribution < -0.4 is 19.2 Å². The molecule has 0 N–H and O–H groups in total. The SMILES string of the molecule is COc1ccc([C@@H]2c3sc(=O)n(CC(=O)N4CCCCC4)c3S[C@@H]3C(=O)N(c4cccc(C(F)(F)F)c4)C(=O)[C@H]23)cc1OC. The molecule has 0 radical (unpaired) electrons. The summed E-state index contributed by atoms with van der Waals surface area (Å²) < 4.78 is 52.8. The number of anilines is 1. The van der Waals surface area contributed by atoms with Gasteiger partial charge in [0.25, 0.3) is 0 Å². The van der Waals surface area contributed by atoms with Crippen molar-refractivity contribution >= 4 is 46.5 Å². The Balaban J connectivity index is 1.46. The molecule has 232 valence electrons. The van der Waals surface area contributed by atoms with Gasteiger partial charge in [-0.3, -0.25) is 23.7 Å². The molecule has 44 heavy (non-hydrogen) atoms. The Bertz CT molecular complexity index is 1700. The summed E-state index contributed by atoms with van der Waals surface area (Å²) in [5.41, 5.74) is -0.613. The molecule has 0 bridgehead atoms. The first kappa shape index (κ1) is 30.3. The highest BCUT2D eigenvalue weighted by Crippen LogP contribution is 2.54. The van der Waals surface area contributed by atoms with Crippen LogP contribution in [-0.2, 0) is 27.1 Å². The number of aromatic nitrogens is 1. The van der Waals surface area contributed by atoms with Crippen molar-refractivity contribution in [1.82, 2.24) is 9.47 Å². The summed E-state index contributed by atoms with van der Waals surface area (Å²) in [5.74, 6) is -2.63. The molecule has 3 aliphatic rings. The minimum Gasteiger partial charge on any atom is -0.493 e. The molecular formula is C30H28F3N3O6S2. The highest BCUT2D eigenvalue weighted by Gasteiger charge is 2.57. The monoisotopic (exact) mass is 647 g/mol. The van der Waals surface area contributed by atoms with Gasteiger partial charge in [0, 0.05) is 23.9 Å². The topological polar surface area (TPSA) is 98.1 Å². The first-order valence-electron chi connectivity index (χ1n) is 14.0. The van der Waals surface area contributed by atoms with Gasteiger partial charge in [0.2, 0.25) is 17.7 Å². The van der Waals surface area contributed by atoms with Crippen molar-refractivity contribution in [1.29, 1.82) is 0 Å². The summed E-state index contributed by atoms with van der Waals surface area (Å²) in [6.07, 6.45) is -1.89. The van der Waals surface area contributed by atoms with Crippen LogP contribution in [-0.4, -0.2) is 59.7 Å². The van der Waals surface area contributed by atoms with E-state index in [0.717, 1.165) is 65.5 Å². The van der Waals surface area contributed by atoms with Crippen molar-refractivity contribution in [2.75, 3.05) is 32.2 Å². The summed E-state index contributed by atoms with van der Waals surface area (Å²) in [6, 6.07) is 9.13. The molecule has 6 rings (SSSR count). The second kappa shape index (κ2) is 11.6. The van der Waals surface area contributed by atoms with Crippen LogP contribution in [0.2, 0.25) is 0 Å². The predicted octanol–water partition coefficient (Wildman–Crippen LogP) is 4.75. The van der Waals surface area contributed by atoms with Crippen LogP contribution in [0, 0.1) is 5.92 Å². The molecule has 3 aromatic rings. The highest BCUT2D eigenvalue weighted by atomic mass is 32.2. The maximum absolute atomic E-state index is 14.1. The van der Waals surface area contributed by atoms with Gasteiger partial charge in [-0.1, -0.05) is 35.2 Å². The van der Waals surface area contributed by atoms with Gasteiger partial charge in [0.05, 0.1) is 36.4 Å². The van der Waals surface area contributed by atoms with Crippen molar-refractivity contribution in [3.8, 4) is 11.5 Å². The number of fused-ring (bicyclic) bond motifs is 2. The van der Waals surface area contributed by atoms with E-state index in [0.29, 0.717) is 40.1 Å². The zero-order valence-electron chi connectivity index (χ0n) is 23.8. The summed E-state index contributed by atoms with van der Waals surface area (Å²) in [6.45, 7) is 0.989. The Morgan fingerprint density at radius 2 is 1.68 bits per heavy atom. The summed E-state index contributed by atoms with van der Waals surface area (Å²) in [4.78, 5) is 57.2. The van der Waals surface area contributed by atoms with E-state index in [1.807, 2.05) is 0 Å². The van der Waals surface area contributed by atoms with Crippen LogP contribution in [0.1, 0.15) is 41.2 Å². The zero-order valence-corrected chi connectivity index (χ0v) is 25.4. The Morgan fingerprint density at radius 1 is 0.955 bits per heavy atom. The van der Waals surface area contributed by atoms with Gasteiger partial charge in [-0.15, -0.1) is 0 Å². The normalized spacial score (nSPS) is 21.7. The molecule has 0 aliphatic carbocycles. The van der Waals surface area contributed by atoms with Crippen LogP contribution in [0.25, 0.3) is 0 Å². The first-order valence-corrected chi connectivity index (χ1v) is 15.7. The van der Waals surface area contributed by atoms with Crippen LogP contribution in [0.3, 0.4) is 0 Å². The number of methoxy groups -OCH3 is 2. The highest BCUT2D eigenvalue weighted by molar-refractivity contribution is 8.00. The molecule has 0 saturated carbocycles. The fourth-order valence-corrected chi connectivity index (χ4v) is 8.89. The van der Waals surface area contributed by atoms with Gasteiger partial charge in [-0.2, -0.15) is 13.2 Å². The lowest BCUT2D eigenvalue weighted by atomic mass is 9.83. The maximum Gasteiger partial charge on any atom is 0.416 e. The predicted molar refractivity (Wildman–Crippen MR) is 157 cm³/mol. The van der Waals surface area contributed by atoms with Gasteiger partial charge in [0.1, 0.15) is 11.8 Å². The second-order valence-electron chi connectivity index (χ2n) is 10.8. The molecule has 14 heteroatoms. The summed E-state index contributed by atoms with van der Waals surface area (Å²) in [7, 11) is 2.92. The molecule has 0 unspecified atom stereocenters. The second-order valence-corrected chi connectivity index (χ2v) is 12.9. The van der Waals surface area contributed by atoms with E-state index < -0.39 is 45.5 Å². The number of carbonyl (C=O) groups excluding carboxylic acids is 3. The Kier molecular flexibility index (Phi) is 7.99. The fourth-order valence-electron chi connectivity index (χ4n) is 6.12. The molecule has 2 fully saturated rings. The fraction of sp³-hybridized carbons (Fsp3) is 0.400. The van der Waals surface area contributed by atoms with Crippen LogP contribution in [0.15, 0.2) is 52.3 Å². The number of ether oxygens (including phenoxy) is 2. The smallest absolute Gasteiger partial charge is 0.416 e. The third-order valence-electron chi connectivity index (χ3n) is 8.25. The number of hydrogen-bond acceptors (Lipinski definition) is 8. The molecule has 0 spiro atoms. The van der Waals surface area contributed by atoms with Crippen molar-refractivity contribution in [2.45, 2.75) is 48.2 Å². The first-order chi connectivity index (χ1) is 21.0. The average Bonchev–Trinajstić information content (AvgIpc) is 3.46. The molecule has 4 heterocycles. The van der Waals surface area contributed by atoms with Crippen molar-refractivity contribution < 1.29 is 37.0 Å². The minimum atomic E-state index is -4.67. The number of likely N-dealkylation sites (tertiary alicyclic amines) is 1. The molecule has 3 aliphatic heterocycles. The van der Waals surface area contributed by atoms with Crippen LogP contribution in [0.4, 0.5) is 18.9 Å². The lowest BCUT2D eigenvalue weighted by molar-refractivity contribution is -0.137. The number of thiazole rings is 1. The van der Waals surface area contributed by atoms with E-state index in [2.05, 4.69) is 0 Å². The third kappa shape index (κ3) is 5.17. The van der Waals surface area contributed by atoms with E-state index in [-0.39, 0.29) is 18.1 Å². The number of nitrogens with zero attached hydrogens (tertiary/aromatic N) is 3. The van der Waals surface area contributed by atoms with Crippen LogP contribution in [0.5, 0.6) is 11.5 Å². The minimum absolute atomic E-state index is 0.183. The number of carbonyl (C=O) groups is 3. The quantitative estimate of drug-likeness (QED) is 0.356.